The van der Waals surface area contributed by atoms with Gasteiger partial charge in [0.25, 0.3) is 5.56 Å². The first-order chi connectivity index (χ1) is 19.4. The van der Waals surface area contributed by atoms with Crippen LogP contribution >= 0.6 is 0 Å². The number of benzene rings is 4. The fourth-order valence-corrected chi connectivity index (χ4v) is 5.18. The summed E-state index contributed by atoms with van der Waals surface area (Å²) in [4.78, 5) is 34.9. The minimum absolute atomic E-state index is 0.138. The first-order valence-electron chi connectivity index (χ1n) is 14.0. The molecule has 5 rings (SSSR count). The van der Waals surface area contributed by atoms with Gasteiger partial charge >= 0.3 is 6.03 Å². The van der Waals surface area contributed by atoms with Crippen molar-refractivity contribution in [2.45, 2.75) is 46.6 Å². The number of nitrogens with zero attached hydrogens (tertiary/aromatic N) is 3. The number of fused-ring (bicyclic) bond motifs is 2. The van der Waals surface area contributed by atoms with Gasteiger partial charge in [-0.1, -0.05) is 87.0 Å². The van der Waals surface area contributed by atoms with E-state index in [4.69, 9.17) is 4.98 Å². The maximum Gasteiger partial charge on any atom is 0.322 e. The normalized spacial score (nSPS) is 12.1. The van der Waals surface area contributed by atoms with Gasteiger partial charge in [0.05, 0.1) is 28.3 Å². The van der Waals surface area contributed by atoms with Crippen LogP contribution in [0.4, 0.5) is 10.5 Å². The SMILES string of the molecule is CCC(c1nc2ccccc2c(=O)n1-c1ccc(C)cc1)N(CCC(C)C)C(=O)Nc1cccc2ccccc12. The number of hydrogen-bond acceptors (Lipinski definition) is 3. The average molecular weight is 533 g/mol. The molecule has 204 valence electrons. The van der Waals surface area contributed by atoms with Crippen molar-refractivity contribution >= 4 is 33.4 Å². The molecule has 1 aromatic heterocycles. The maximum atomic E-state index is 14.1. The van der Waals surface area contributed by atoms with Gasteiger partial charge in [0, 0.05) is 11.9 Å². The van der Waals surface area contributed by atoms with Crippen LogP contribution in [0.3, 0.4) is 0 Å². The zero-order valence-electron chi connectivity index (χ0n) is 23.6. The molecule has 1 unspecified atom stereocenters. The number of amides is 2. The minimum Gasteiger partial charge on any atom is -0.314 e. The third-order valence-corrected chi connectivity index (χ3v) is 7.39. The maximum absolute atomic E-state index is 14.1. The second-order valence-corrected chi connectivity index (χ2v) is 10.7. The molecule has 0 aliphatic rings. The van der Waals surface area contributed by atoms with Crippen LogP contribution in [-0.2, 0) is 0 Å². The molecule has 1 atom stereocenters. The van der Waals surface area contributed by atoms with Gasteiger partial charge in [-0.25, -0.2) is 9.78 Å². The summed E-state index contributed by atoms with van der Waals surface area (Å²) in [5.74, 6) is 0.959. The van der Waals surface area contributed by atoms with Crippen LogP contribution in [0.1, 0.15) is 51.0 Å². The van der Waals surface area contributed by atoms with Crippen LogP contribution in [0.15, 0.2) is 95.8 Å². The Hall–Kier alpha value is -4.45. The number of aromatic nitrogens is 2. The zero-order valence-corrected chi connectivity index (χ0v) is 23.6. The Kier molecular flexibility index (Phi) is 7.96. The van der Waals surface area contributed by atoms with Gasteiger partial charge in [0.2, 0.25) is 0 Å². The van der Waals surface area contributed by atoms with Crippen molar-refractivity contribution in [1.82, 2.24) is 14.5 Å². The van der Waals surface area contributed by atoms with Crippen LogP contribution in [-0.4, -0.2) is 27.0 Å². The Labute approximate surface area is 235 Å². The van der Waals surface area contributed by atoms with Gasteiger partial charge in [0.15, 0.2) is 0 Å². The number of anilines is 1. The van der Waals surface area contributed by atoms with Crippen LogP contribution in [0.2, 0.25) is 0 Å². The molecular weight excluding hydrogens is 496 g/mol. The van der Waals surface area contributed by atoms with Gasteiger partial charge in [-0.15, -0.1) is 0 Å². The van der Waals surface area contributed by atoms with Crippen LogP contribution < -0.4 is 10.9 Å². The second-order valence-electron chi connectivity index (χ2n) is 10.7. The summed E-state index contributed by atoms with van der Waals surface area (Å²) in [6, 6.07) is 28.6. The first-order valence-corrected chi connectivity index (χ1v) is 14.0. The predicted octanol–water partition coefficient (Wildman–Crippen LogP) is 7.88. The average Bonchev–Trinajstić information content (AvgIpc) is 2.96. The van der Waals surface area contributed by atoms with Crippen molar-refractivity contribution in [2.24, 2.45) is 5.92 Å². The van der Waals surface area contributed by atoms with Gasteiger partial charge in [-0.2, -0.15) is 0 Å². The van der Waals surface area contributed by atoms with Crippen LogP contribution in [0.5, 0.6) is 0 Å². The van der Waals surface area contributed by atoms with Gasteiger partial charge in [-0.3, -0.25) is 9.36 Å². The molecular formula is C34H36N4O2. The number of carbonyl (C=O) groups excluding carboxylic acids is 1. The highest BCUT2D eigenvalue weighted by Gasteiger charge is 2.29. The number of para-hydroxylation sites is 1. The van der Waals surface area contributed by atoms with Crippen molar-refractivity contribution in [1.29, 1.82) is 0 Å². The zero-order chi connectivity index (χ0) is 28.2. The molecule has 1 heterocycles. The second kappa shape index (κ2) is 11.7. The topological polar surface area (TPSA) is 67.2 Å². The van der Waals surface area contributed by atoms with Crippen LogP contribution in [0.25, 0.3) is 27.4 Å². The quantitative estimate of drug-likeness (QED) is 0.221. The molecule has 2 amide bonds. The molecule has 0 aliphatic heterocycles. The van der Waals surface area contributed by atoms with Crippen molar-refractivity contribution < 1.29 is 4.79 Å². The molecule has 0 saturated carbocycles. The van der Waals surface area contributed by atoms with E-state index < -0.39 is 6.04 Å². The van der Waals surface area contributed by atoms with Gasteiger partial charge < -0.3 is 10.2 Å². The molecule has 5 aromatic rings. The smallest absolute Gasteiger partial charge is 0.314 e. The van der Waals surface area contributed by atoms with Gasteiger partial charge in [-0.05, 0) is 61.4 Å². The Morgan fingerprint density at radius 3 is 2.30 bits per heavy atom. The van der Waals surface area contributed by atoms with Crippen molar-refractivity contribution in [2.75, 3.05) is 11.9 Å². The third kappa shape index (κ3) is 5.48. The lowest BCUT2D eigenvalue weighted by Gasteiger charge is -2.33. The minimum atomic E-state index is -0.424. The molecule has 0 bridgehead atoms. The molecule has 1 N–H and O–H groups in total. The van der Waals surface area contributed by atoms with E-state index >= 15 is 0 Å². The summed E-state index contributed by atoms with van der Waals surface area (Å²) in [5, 5.41) is 5.78. The van der Waals surface area contributed by atoms with Crippen LogP contribution in [0, 0.1) is 12.8 Å². The fraction of sp³-hybridized carbons (Fsp3) is 0.265. The number of carbonyl (C=O) groups is 1. The van der Waals surface area contributed by atoms with E-state index in [1.165, 1.54) is 0 Å². The van der Waals surface area contributed by atoms with Crippen molar-refractivity contribution in [3.63, 3.8) is 0 Å². The fourth-order valence-electron chi connectivity index (χ4n) is 5.18. The highest BCUT2D eigenvalue weighted by molar-refractivity contribution is 6.01. The molecule has 6 heteroatoms. The monoisotopic (exact) mass is 532 g/mol. The standard InChI is InChI=1S/C34H36N4O2/c1-5-31(32-35-30-15-9-8-14-28(30)33(39)38(32)26-19-17-24(4)18-20-26)37(22-21-23(2)3)34(40)36-29-16-10-12-25-11-6-7-13-27(25)29/h6-20,23,31H,5,21-22H2,1-4H3,(H,36,40). The van der Waals surface area contributed by atoms with Crippen molar-refractivity contribution in [3.05, 3.63) is 113 Å². The molecule has 6 nitrogen and oxygen atoms in total. The van der Waals surface area contributed by atoms with E-state index in [0.29, 0.717) is 35.6 Å². The molecule has 0 fully saturated rings. The molecule has 0 radical (unpaired) electrons. The largest absolute Gasteiger partial charge is 0.322 e. The molecule has 0 aliphatic carbocycles. The highest BCUT2D eigenvalue weighted by atomic mass is 16.2. The van der Waals surface area contributed by atoms with E-state index in [2.05, 4.69) is 19.2 Å². The van der Waals surface area contributed by atoms with E-state index in [1.807, 2.05) is 110 Å². The molecule has 0 spiro atoms. The number of hydrogen-bond donors (Lipinski definition) is 1. The molecule has 4 aromatic carbocycles. The lowest BCUT2D eigenvalue weighted by atomic mass is 10.1. The van der Waals surface area contributed by atoms with E-state index in [1.54, 1.807) is 4.57 Å². The number of rotatable bonds is 8. The Morgan fingerprint density at radius 1 is 0.900 bits per heavy atom. The summed E-state index contributed by atoms with van der Waals surface area (Å²) < 4.78 is 1.68. The van der Waals surface area contributed by atoms with Crippen molar-refractivity contribution in [3.8, 4) is 5.69 Å². The summed E-state index contributed by atoms with van der Waals surface area (Å²) in [6.07, 6.45) is 1.42. The lowest BCUT2D eigenvalue weighted by molar-refractivity contribution is 0.176. The van der Waals surface area contributed by atoms with E-state index in [0.717, 1.165) is 34.1 Å². The predicted molar refractivity (Wildman–Crippen MR) is 164 cm³/mol. The molecule has 0 saturated heterocycles. The van der Waals surface area contributed by atoms with Gasteiger partial charge in [0.1, 0.15) is 5.82 Å². The Bertz CT molecular complexity index is 1700. The summed E-state index contributed by atoms with van der Waals surface area (Å²) in [7, 11) is 0. The summed E-state index contributed by atoms with van der Waals surface area (Å²) >= 11 is 0. The first kappa shape index (κ1) is 27.1. The summed E-state index contributed by atoms with van der Waals surface area (Å²) in [5.41, 5.74) is 3.09. The van der Waals surface area contributed by atoms with E-state index in [-0.39, 0.29) is 11.6 Å². The lowest BCUT2D eigenvalue weighted by Crippen LogP contribution is -2.41. The number of nitrogens with one attached hydrogen (secondary N) is 1. The molecule has 40 heavy (non-hydrogen) atoms. The third-order valence-electron chi connectivity index (χ3n) is 7.39. The number of aryl methyl sites for hydroxylation is 1. The summed E-state index contributed by atoms with van der Waals surface area (Å²) in [6.45, 7) is 8.89. The van der Waals surface area contributed by atoms with E-state index in [9.17, 15) is 9.59 Å². The highest BCUT2D eigenvalue weighted by Crippen LogP contribution is 2.29. The Morgan fingerprint density at radius 2 is 1.57 bits per heavy atom. The Balaban J connectivity index is 1.64. The number of urea groups is 1.